The molecular formula is C36H49N5O8. The number of ether oxygens (including phenoxy) is 2. The Hall–Kier alpha value is -4.94. The molecule has 2 aromatic carbocycles. The number of nitrogens with one attached hydrogen (secondary N) is 3. The van der Waals surface area contributed by atoms with Crippen LogP contribution in [0.2, 0.25) is 0 Å². The van der Waals surface area contributed by atoms with E-state index in [9.17, 15) is 24.0 Å². The van der Waals surface area contributed by atoms with E-state index in [1.54, 1.807) is 0 Å². The third kappa shape index (κ3) is 13.6. The molecule has 1 heterocycles. The summed E-state index contributed by atoms with van der Waals surface area (Å²) in [6.45, 7) is 11.1. The van der Waals surface area contributed by atoms with Crippen LogP contribution in [0.3, 0.4) is 0 Å². The van der Waals surface area contributed by atoms with Gasteiger partial charge >= 0.3 is 17.9 Å². The van der Waals surface area contributed by atoms with Gasteiger partial charge < -0.3 is 29.8 Å². The molecule has 3 aromatic rings. The first-order chi connectivity index (χ1) is 23.3. The highest BCUT2D eigenvalue weighted by molar-refractivity contribution is 5.92. The third-order valence-electron chi connectivity index (χ3n) is 7.38. The molecule has 0 aliphatic rings. The molecule has 0 saturated heterocycles. The summed E-state index contributed by atoms with van der Waals surface area (Å²) < 4.78 is 16.9. The van der Waals surface area contributed by atoms with Gasteiger partial charge in [-0.2, -0.15) is 4.68 Å². The van der Waals surface area contributed by atoms with E-state index in [1.807, 2.05) is 102 Å². The molecule has 0 fully saturated rings. The van der Waals surface area contributed by atoms with Crippen molar-refractivity contribution in [3.8, 4) is 0 Å². The normalized spacial score (nSPS) is 13.1. The summed E-state index contributed by atoms with van der Waals surface area (Å²) in [5.74, 6) is -1.84. The number of carbonyl (C=O) groups excluding carboxylic acids is 4. The summed E-state index contributed by atoms with van der Waals surface area (Å²) in [6.07, 6.45) is -0.499. The van der Waals surface area contributed by atoms with E-state index in [2.05, 4.69) is 21.0 Å². The topological polar surface area (TPSA) is 171 Å². The maximum absolute atomic E-state index is 13.6. The minimum atomic E-state index is -0.978. The molecule has 0 radical (unpaired) electrons. The first-order valence-electron chi connectivity index (χ1n) is 16.7. The zero-order valence-electron chi connectivity index (χ0n) is 29.1. The molecule has 13 heteroatoms. The van der Waals surface area contributed by atoms with Gasteiger partial charge in [-0.3, -0.25) is 9.59 Å². The van der Waals surface area contributed by atoms with Crippen molar-refractivity contribution < 1.29 is 33.1 Å². The molecule has 3 amide bonds. The van der Waals surface area contributed by atoms with Crippen molar-refractivity contribution in [3.63, 3.8) is 0 Å². The van der Waals surface area contributed by atoms with Crippen LogP contribution in [0.1, 0.15) is 83.9 Å². The van der Waals surface area contributed by atoms with Gasteiger partial charge in [0.15, 0.2) is 5.78 Å². The highest BCUT2D eigenvalue weighted by Gasteiger charge is 2.30. The van der Waals surface area contributed by atoms with Crippen LogP contribution in [0, 0.1) is 17.8 Å². The molecule has 0 aliphatic heterocycles. The molecular weight excluding hydrogens is 630 g/mol. The molecule has 0 aliphatic carbocycles. The van der Waals surface area contributed by atoms with Crippen molar-refractivity contribution in [1.82, 2.24) is 25.7 Å². The second kappa shape index (κ2) is 19.2. The molecule has 3 N–H and O–H groups in total. The number of alkyl carbamates (subject to hydrolysis) is 2. The SMILES string of the molecule is CC(C)C[C@H](NC(=O)[C@H](CC(C)C)NC(=O)OCc1ccccc1)C(=O)Cn1nc([C@H](CC(C)C)NC(=O)OCc2ccccc2)oc1=O. The van der Waals surface area contributed by atoms with E-state index in [4.69, 9.17) is 13.9 Å². The Morgan fingerprint density at radius 1 is 0.694 bits per heavy atom. The second-order valence-corrected chi connectivity index (χ2v) is 13.3. The van der Waals surface area contributed by atoms with E-state index in [0.717, 1.165) is 15.8 Å². The summed E-state index contributed by atoms with van der Waals surface area (Å²) in [6, 6.07) is 15.6. The molecule has 1 aromatic heterocycles. The Morgan fingerprint density at radius 3 is 1.69 bits per heavy atom. The zero-order valence-corrected chi connectivity index (χ0v) is 29.1. The van der Waals surface area contributed by atoms with Gasteiger partial charge in [0, 0.05) is 0 Å². The van der Waals surface area contributed by atoms with Crippen LogP contribution in [-0.4, -0.2) is 45.7 Å². The van der Waals surface area contributed by atoms with E-state index in [1.165, 1.54) is 0 Å². The predicted molar refractivity (Wildman–Crippen MR) is 182 cm³/mol. The first-order valence-corrected chi connectivity index (χ1v) is 16.7. The summed E-state index contributed by atoms with van der Waals surface area (Å²) in [4.78, 5) is 65.1. The second-order valence-electron chi connectivity index (χ2n) is 13.3. The maximum atomic E-state index is 13.6. The fourth-order valence-corrected chi connectivity index (χ4v) is 5.05. The van der Waals surface area contributed by atoms with Crippen LogP contribution in [0.25, 0.3) is 0 Å². The highest BCUT2D eigenvalue weighted by Crippen LogP contribution is 2.19. The number of ketones is 1. The van der Waals surface area contributed by atoms with Gasteiger partial charge in [-0.05, 0) is 48.1 Å². The summed E-state index contributed by atoms with van der Waals surface area (Å²) in [7, 11) is 0. The third-order valence-corrected chi connectivity index (χ3v) is 7.38. The van der Waals surface area contributed by atoms with Crippen molar-refractivity contribution in [1.29, 1.82) is 0 Å². The summed E-state index contributed by atoms with van der Waals surface area (Å²) in [5, 5.41) is 12.3. The molecule has 266 valence electrons. The monoisotopic (exact) mass is 679 g/mol. The molecule has 3 atom stereocenters. The fraction of sp³-hybridized carbons (Fsp3) is 0.500. The van der Waals surface area contributed by atoms with E-state index >= 15 is 0 Å². The average molecular weight is 680 g/mol. The lowest BCUT2D eigenvalue weighted by Crippen LogP contribution is -2.53. The van der Waals surface area contributed by atoms with Crippen LogP contribution < -0.4 is 21.7 Å². The van der Waals surface area contributed by atoms with E-state index in [-0.39, 0.29) is 43.3 Å². The zero-order chi connectivity index (χ0) is 35.9. The predicted octanol–water partition coefficient (Wildman–Crippen LogP) is 5.29. The number of Topliss-reactive ketones (excluding diaryl/α,β-unsaturated/α-hetero) is 1. The average Bonchev–Trinajstić information content (AvgIpc) is 3.41. The van der Waals surface area contributed by atoms with Crippen molar-refractivity contribution in [2.45, 2.75) is 98.7 Å². The number of rotatable bonds is 18. The number of nitrogens with zero attached hydrogens (tertiary/aromatic N) is 2. The number of hydrogen-bond donors (Lipinski definition) is 3. The lowest BCUT2D eigenvalue weighted by Gasteiger charge is -2.24. The molecule has 3 rings (SSSR count). The number of carbonyl (C=O) groups is 4. The summed E-state index contributed by atoms with van der Waals surface area (Å²) in [5.41, 5.74) is 1.61. The highest BCUT2D eigenvalue weighted by atomic mass is 16.6. The minimum Gasteiger partial charge on any atom is -0.445 e. The number of hydrogen-bond acceptors (Lipinski definition) is 9. The number of aromatic nitrogens is 2. The largest absolute Gasteiger partial charge is 0.445 e. The molecule has 13 nitrogen and oxygen atoms in total. The standard InChI is InChI=1S/C36H49N5O8/c1-23(2)17-28(37-32(43)29(18-24(3)4)38-34(44)47-21-26-13-9-7-10-14-26)31(42)20-41-36(46)49-33(40-41)30(19-25(5)6)39-35(45)48-22-27-15-11-8-12-16-27/h7-16,23-25,28-30H,17-22H2,1-6H3,(H,37,43)(H,38,44)(H,39,45)/t28-,29-,30-/m0/s1. The minimum absolute atomic E-state index is 0.00714. The summed E-state index contributed by atoms with van der Waals surface area (Å²) >= 11 is 0. The molecule has 0 saturated carbocycles. The lowest BCUT2D eigenvalue weighted by atomic mass is 9.98. The van der Waals surface area contributed by atoms with Gasteiger partial charge in [-0.1, -0.05) is 102 Å². The van der Waals surface area contributed by atoms with Crippen molar-refractivity contribution in [2.75, 3.05) is 0 Å². The molecule has 0 bridgehead atoms. The Kier molecular flexibility index (Phi) is 15.1. The maximum Gasteiger partial charge on any atom is 0.437 e. The van der Waals surface area contributed by atoms with E-state index < -0.39 is 54.3 Å². The quantitative estimate of drug-likeness (QED) is 0.162. The number of amides is 3. The Bertz CT molecular complexity index is 1550. The van der Waals surface area contributed by atoms with Crippen LogP contribution in [0.5, 0.6) is 0 Å². The molecule has 0 unspecified atom stereocenters. The Labute approximate surface area is 287 Å². The van der Waals surface area contributed by atoms with Crippen molar-refractivity contribution in [3.05, 3.63) is 88.2 Å². The van der Waals surface area contributed by atoms with Crippen LogP contribution in [0.15, 0.2) is 69.9 Å². The molecule has 49 heavy (non-hydrogen) atoms. The van der Waals surface area contributed by atoms with Gasteiger partial charge in [0.1, 0.15) is 31.8 Å². The lowest BCUT2D eigenvalue weighted by molar-refractivity contribution is -0.130. The Balaban J connectivity index is 1.69. The van der Waals surface area contributed by atoms with Gasteiger partial charge in [0.05, 0.1) is 6.04 Å². The van der Waals surface area contributed by atoms with Crippen LogP contribution >= 0.6 is 0 Å². The van der Waals surface area contributed by atoms with Gasteiger partial charge in [-0.25, -0.2) is 14.4 Å². The van der Waals surface area contributed by atoms with E-state index in [0.29, 0.717) is 12.8 Å². The van der Waals surface area contributed by atoms with Crippen LogP contribution in [0.4, 0.5) is 9.59 Å². The van der Waals surface area contributed by atoms with Gasteiger partial charge in [-0.15, -0.1) is 5.10 Å². The smallest absolute Gasteiger partial charge is 0.437 e. The van der Waals surface area contributed by atoms with Gasteiger partial charge in [0.2, 0.25) is 11.8 Å². The van der Waals surface area contributed by atoms with Crippen molar-refractivity contribution >= 4 is 23.9 Å². The fourth-order valence-electron chi connectivity index (χ4n) is 5.05. The van der Waals surface area contributed by atoms with Gasteiger partial charge in [0.25, 0.3) is 0 Å². The Morgan fingerprint density at radius 2 is 1.18 bits per heavy atom. The van der Waals surface area contributed by atoms with Crippen LogP contribution in [-0.2, 0) is 38.8 Å². The molecule has 0 spiro atoms. The number of benzene rings is 2. The first kappa shape index (κ1) is 38.5. The van der Waals surface area contributed by atoms with Crippen molar-refractivity contribution in [2.24, 2.45) is 17.8 Å².